The van der Waals surface area contributed by atoms with E-state index in [2.05, 4.69) is 0 Å². The van der Waals surface area contributed by atoms with Crippen molar-refractivity contribution in [1.29, 1.82) is 0 Å². The van der Waals surface area contributed by atoms with Crippen LogP contribution in [0.3, 0.4) is 0 Å². The molecule has 0 unspecified atom stereocenters. The predicted molar refractivity (Wildman–Crippen MR) is 242 cm³/mol. The van der Waals surface area contributed by atoms with Crippen molar-refractivity contribution in [2.24, 2.45) is 51.2 Å². The van der Waals surface area contributed by atoms with Crippen LogP contribution in [-0.2, 0) is 47.7 Å². The van der Waals surface area contributed by atoms with Crippen molar-refractivity contribution in [2.75, 3.05) is 13.2 Å². The lowest BCUT2D eigenvalue weighted by atomic mass is 9.44. The van der Waals surface area contributed by atoms with Gasteiger partial charge in [0.05, 0.1) is 18.3 Å². The Labute approximate surface area is 401 Å². The fourth-order valence-electron chi connectivity index (χ4n) is 16.1. The van der Waals surface area contributed by atoms with Gasteiger partial charge in [-0.2, -0.15) is 0 Å². The standard InChI is InChI=1S/C27H37FO6.C26H32F2O7/c1-5-6-7-23(33)34-27(22(32)15-29)16(2)12-20-19-9-8-17-13-18(30)10-11-24(17,3)26(19,28)21(31)14-25(20,27)4;1-13(29)33-12-20(32)26-21(34-22(2,3)35-26)10-15-16-9-18(27)17-8-14(30)6-7-23(17,4)25(16,28)19(31)11-24(15,26)5/h10-11,13,16,19-21,29,31H,5-9,12,14-15H2,1-4H3;6-8,15-16,18-19,21,31H,9-12H2,1-5H3/t16-,19-,20-,21-,24-,25-,26-,27-;15-,16-,18-,19-,21+,23-,24-,25-,26+/m00/s1. The number of ketones is 4. The molecule has 0 bridgehead atoms. The lowest BCUT2D eigenvalue weighted by Crippen LogP contribution is -2.71. The van der Waals surface area contributed by atoms with Gasteiger partial charge in [0.25, 0.3) is 0 Å². The zero-order valence-corrected chi connectivity index (χ0v) is 41.2. The fourth-order valence-corrected chi connectivity index (χ4v) is 16.1. The number of esters is 2. The first-order chi connectivity index (χ1) is 32.0. The topological polar surface area (TPSA) is 200 Å². The van der Waals surface area contributed by atoms with E-state index < -0.39 is 141 Å². The first kappa shape index (κ1) is 51.5. The molecule has 0 spiro atoms. The molecule has 3 N–H and O–H groups in total. The summed E-state index contributed by atoms with van der Waals surface area (Å²) in [5.74, 6) is -6.86. The number of hydrogen-bond acceptors (Lipinski definition) is 13. The number of carbonyl (C=O) groups is 6. The van der Waals surface area contributed by atoms with Crippen LogP contribution < -0.4 is 0 Å². The number of unbranched alkanes of at least 4 members (excludes halogenated alkanes) is 1. The van der Waals surface area contributed by atoms with E-state index in [1.807, 2.05) is 20.8 Å². The van der Waals surface area contributed by atoms with Gasteiger partial charge in [0.2, 0.25) is 11.6 Å². The summed E-state index contributed by atoms with van der Waals surface area (Å²) in [4.78, 5) is 75.2. The van der Waals surface area contributed by atoms with Gasteiger partial charge in [-0.3, -0.25) is 28.8 Å². The van der Waals surface area contributed by atoms with E-state index in [0.717, 1.165) is 12.5 Å². The van der Waals surface area contributed by atoms with Crippen molar-refractivity contribution in [1.82, 2.24) is 0 Å². The number of aliphatic hydroxyl groups is 3. The molecule has 9 aliphatic rings. The van der Waals surface area contributed by atoms with E-state index in [0.29, 0.717) is 31.3 Å². The van der Waals surface area contributed by atoms with Crippen LogP contribution in [0.15, 0.2) is 47.6 Å². The third kappa shape index (κ3) is 6.86. The molecule has 1 saturated heterocycles. The maximum Gasteiger partial charge on any atom is 0.306 e. The zero-order valence-electron chi connectivity index (χ0n) is 41.2. The van der Waals surface area contributed by atoms with E-state index in [1.54, 1.807) is 33.8 Å². The summed E-state index contributed by atoms with van der Waals surface area (Å²) >= 11 is 0. The smallest absolute Gasteiger partial charge is 0.306 e. The molecular weight excluding hydrogens is 902 g/mol. The molecule has 69 heavy (non-hydrogen) atoms. The molecule has 0 aromatic heterocycles. The molecule has 1 heterocycles. The Hall–Kier alpha value is -3.83. The predicted octanol–water partition coefficient (Wildman–Crippen LogP) is 6.57. The lowest BCUT2D eigenvalue weighted by Gasteiger charge is -2.63. The van der Waals surface area contributed by atoms with Crippen molar-refractivity contribution < 1.29 is 76.2 Å². The summed E-state index contributed by atoms with van der Waals surface area (Å²) in [6.07, 6.45) is 5.57. The van der Waals surface area contributed by atoms with Gasteiger partial charge in [-0.15, -0.1) is 0 Å². The molecule has 7 fully saturated rings. The van der Waals surface area contributed by atoms with Crippen LogP contribution in [0.4, 0.5) is 13.2 Å². The lowest BCUT2D eigenvalue weighted by molar-refractivity contribution is -0.249. The first-order valence-corrected chi connectivity index (χ1v) is 24.7. The fraction of sp³-hybridized carbons (Fsp3) is 0.736. The van der Waals surface area contributed by atoms with Gasteiger partial charge >= 0.3 is 11.9 Å². The Kier molecular flexibility index (Phi) is 12.6. The number of Topliss-reactive ketones (excluding diaryl/α,β-unsaturated/α-hetero) is 2. The minimum atomic E-state index is -2.27. The van der Waals surface area contributed by atoms with E-state index in [-0.39, 0.29) is 49.4 Å². The number of hydrogen-bond donors (Lipinski definition) is 3. The Morgan fingerprint density at radius 2 is 1.41 bits per heavy atom. The van der Waals surface area contributed by atoms with Crippen LogP contribution in [0.1, 0.15) is 127 Å². The van der Waals surface area contributed by atoms with Crippen molar-refractivity contribution in [3.05, 3.63) is 47.6 Å². The average Bonchev–Trinajstić information content (AvgIpc) is 3.78. The number of fused-ring (bicyclic) bond motifs is 12. The van der Waals surface area contributed by atoms with E-state index in [9.17, 15) is 44.1 Å². The molecule has 380 valence electrons. The zero-order chi connectivity index (χ0) is 50.9. The largest absolute Gasteiger partial charge is 0.458 e. The Morgan fingerprint density at radius 3 is 2.03 bits per heavy atom. The van der Waals surface area contributed by atoms with Crippen LogP contribution >= 0.6 is 0 Å². The molecule has 0 amide bonds. The number of alkyl halides is 3. The molecule has 9 rings (SSSR count). The summed E-state index contributed by atoms with van der Waals surface area (Å²) < 4.78 is 73.6. The Bertz CT molecular complexity index is 2340. The summed E-state index contributed by atoms with van der Waals surface area (Å²) in [6.45, 7) is 13.8. The van der Waals surface area contributed by atoms with Crippen molar-refractivity contribution in [2.45, 2.75) is 179 Å². The third-order valence-electron chi connectivity index (χ3n) is 19.2. The molecule has 1 aliphatic heterocycles. The van der Waals surface area contributed by atoms with Crippen molar-refractivity contribution in [3.8, 4) is 0 Å². The molecule has 16 heteroatoms. The summed E-state index contributed by atoms with van der Waals surface area (Å²) in [7, 11) is 0. The summed E-state index contributed by atoms with van der Waals surface area (Å²) in [5.41, 5.74) is -11.6. The van der Waals surface area contributed by atoms with Gasteiger partial charge in [-0.1, -0.05) is 51.8 Å². The summed E-state index contributed by atoms with van der Waals surface area (Å²) in [6, 6.07) is 0. The minimum Gasteiger partial charge on any atom is -0.458 e. The number of aliphatic hydroxyl groups excluding tert-OH is 3. The van der Waals surface area contributed by atoms with Gasteiger partial charge in [0.1, 0.15) is 12.8 Å². The second kappa shape index (κ2) is 16.9. The second-order valence-corrected chi connectivity index (χ2v) is 22.9. The molecule has 0 radical (unpaired) electrons. The van der Waals surface area contributed by atoms with Crippen molar-refractivity contribution >= 4 is 35.1 Å². The normalized spacial score (nSPS) is 47.3. The highest BCUT2D eigenvalue weighted by atomic mass is 19.2. The number of carbonyl (C=O) groups excluding carboxylic acids is 6. The van der Waals surface area contributed by atoms with Crippen LogP contribution in [0.25, 0.3) is 0 Å². The van der Waals surface area contributed by atoms with Crippen LogP contribution in [-0.4, -0.2) is 116 Å². The maximum atomic E-state index is 17.3. The van der Waals surface area contributed by atoms with E-state index in [1.165, 1.54) is 38.2 Å². The highest BCUT2D eigenvalue weighted by molar-refractivity contribution is 6.02. The number of rotatable bonds is 9. The van der Waals surface area contributed by atoms with Gasteiger partial charge in [-0.25, -0.2) is 13.2 Å². The SMILES string of the molecule is CC(=O)OCC(=O)[C@@]12OC(C)(C)O[C@@H]1C[C@H]1[C@@H]3C[C@H](F)C4=CC(=O)C=C[C@]4(C)[C@@]3(F)[C@@H](O)C[C@@]12C.CCCCC(=O)O[C@]1(C(=O)CO)[C@@H](C)C[C@H]2[C@@H]3CCC4=CC(=O)C=C[C@]4(C)[C@@]3(F)[C@@H](O)C[C@@]21C. The molecule has 6 saturated carbocycles. The maximum absolute atomic E-state index is 17.3. The van der Waals surface area contributed by atoms with Crippen molar-refractivity contribution in [3.63, 3.8) is 0 Å². The number of ether oxygens (including phenoxy) is 4. The van der Waals surface area contributed by atoms with Gasteiger partial charge < -0.3 is 34.3 Å². The molecule has 13 nitrogen and oxygen atoms in total. The summed E-state index contributed by atoms with van der Waals surface area (Å²) in [5, 5.41) is 32.8. The molecular formula is C53H69F3O13. The van der Waals surface area contributed by atoms with E-state index in [4.69, 9.17) is 18.9 Å². The van der Waals surface area contributed by atoms with Crippen LogP contribution in [0, 0.1) is 51.2 Å². The van der Waals surface area contributed by atoms with Gasteiger partial charge in [0.15, 0.2) is 46.5 Å². The number of halogens is 3. The first-order valence-electron chi connectivity index (χ1n) is 24.7. The van der Waals surface area contributed by atoms with E-state index >= 15 is 13.2 Å². The molecule has 8 aliphatic carbocycles. The van der Waals surface area contributed by atoms with Gasteiger partial charge in [0, 0.05) is 52.8 Å². The second-order valence-electron chi connectivity index (χ2n) is 22.9. The van der Waals surface area contributed by atoms with Crippen LogP contribution in [0.2, 0.25) is 0 Å². The molecule has 0 aromatic carbocycles. The average molecular weight is 971 g/mol. The molecule has 17 atom stereocenters. The Morgan fingerprint density at radius 1 is 0.812 bits per heavy atom. The monoisotopic (exact) mass is 970 g/mol. The highest BCUT2D eigenvalue weighted by Gasteiger charge is 2.81. The molecule has 0 aromatic rings. The van der Waals surface area contributed by atoms with Crippen LogP contribution in [0.5, 0.6) is 0 Å². The third-order valence-corrected chi connectivity index (χ3v) is 19.2. The quantitative estimate of drug-likeness (QED) is 0.210. The minimum absolute atomic E-state index is 0.0406. The number of allylic oxidation sites excluding steroid dienone is 8. The Balaban J connectivity index is 0.000000186. The highest BCUT2D eigenvalue weighted by Crippen LogP contribution is 2.74. The van der Waals surface area contributed by atoms with Gasteiger partial charge in [-0.05, 0) is 121 Å².